The molecule has 0 aliphatic carbocycles. The fourth-order valence-electron chi connectivity index (χ4n) is 1.78. The monoisotopic (exact) mass is 237 g/mol. The number of thioether (sulfide) groups is 1. The first kappa shape index (κ1) is 12.3. The van der Waals surface area contributed by atoms with Crippen molar-refractivity contribution in [3.63, 3.8) is 0 Å². The predicted molar refractivity (Wildman–Crippen MR) is 62.7 cm³/mol. The summed E-state index contributed by atoms with van der Waals surface area (Å²) in [6.07, 6.45) is 4.54. The third-order valence-electron chi connectivity index (χ3n) is 2.58. The van der Waals surface area contributed by atoms with Crippen molar-refractivity contribution in [2.45, 2.75) is 30.6 Å². The number of rotatable bonds is 5. The summed E-state index contributed by atoms with van der Waals surface area (Å²) in [6, 6.07) is 0.359. The summed E-state index contributed by atoms with van der Waals surface area (Å²) < 4.78 is 22.1. The topological polar surface area (TPSA) is 46.2 Å². The van der Waals surface area contributed by atoms with Crippen LogP contribution in [-0.4, -0.2) is 44.5 Å². The highest BCUT2D eigenvalue weighted by Crippen LogP contribution is 2.29. The molecule has 0 radical (unpaired) electrons. The lowest BCUT2D eigenvalue weighted by molar-refractivity contribution is 0.508. The summed E-state index contributed by atoms with van der Waals surface area (Å²) in [5.74, 6) is 1.53. The van der Waals surface area contributed by atoms with E-state index in [-0.39, 0.29) is 0 Å². The molecule has 3 nitrogen and oxygen atoms in total. The Hall–Kier alpha value is 0.260. The van der Waals surface area contributed by atoms with Crippen LogP contribution in [0.2, 0.25) is 0 Å². The van der Waals surface area contributed by atoms with Gasteiger partial charge in [-0.15, -0.1) is 0 Å². The number of nitrogens with one attached hydrogen (secondary N) is 1. The standard InChI is InChI=1S/C9H19NO2S2/c1-10-8(5-7-14(2,11)12)9-4-3-6-13-9/h8-10H,3-7H2,1-2H3. The van der Waals surface area contributed by atoms with Gasteiger partial charge in [0.2, 0.25) is 0 Å². The minimum Gasteiger partial charge on any atom is -0.316 e. The van der Waals surface area contributed by atoms with Gasteiger partial charge in [-0.25, -0.2) is 8.42 Å². The van der Waals surface area contributed by atoms with Gasteiger partial charge in [0.05, 0.1) is 5.75 Å². The second-order valence-corrected chi connectivity index (χ2v) is 7.47. The lowest BCUT2D eigenvalue weighted by Crippen LogP contribution is -2.36. The first-order valence-corrected chi connectivity index (χ1v) is 8.10. The van der Waals surface area contributed by atoms with E-state index >= 15 is 0 Å². The van der Waals surface area contributed by atoms with Crippen LogP contribution >= 0.6 is 11.8 Å². The van der Waals surface area contributed by atoms with E-state index in [1.165, 1.54) is 24.9 Å². The molecular weight excluding hydrogens is 218 g/mol. The zero-order valence-electron chi connectivity index (χ0n) is 8.82. The Kier molecular flexibility index (Phi) is 4.73. The highest BCUT2D eigenvalue weighted by atomic mass is 32.2. The lowest BCUT2D eigenvalue weighted by atomic mass is 10.1. The SMILES string of the molecule is CNC(CCS(C)(=O)=O)C1CCCS1. The lowest BCUT2D eigenvalue weighted by Gasteiger charge is -2.21. The molecular formula is C9H19NO2S2. The van der Waals surface area contributed by atoms with Gasteiger partial charge in [0.25, 0.3) is 0 Å². The summed E-state index contributed by atoms with van der Waals surface area (Å²) in [6.45, 7) is 0. The normalized spacial score (nSPS) is 25.1. The number of sulfone groups is 1. The molecule has 14 heavy (non-hydrogen) atoms. The van der Waals surface area contributed by atoms with Gasteiger partial charge in [0.1, 0.15) is 9.84 Å². The Morgan fingerprint density at radius 1 is 1.57 bits per heavy atom. The molecule has 0 spiro atoms. The fraction of sp³-hybridized carbons (Fsp3) is 1.00. The number of hydrogen-bond acceptors (Lipinski definition) is 4. The van der Waals surface area contributed by atoms with Gasteiger partial charge < -0.3 is 5.32 Å². The van der Waals surface area contributed by atoms with Crippen LogP contribution in [0.25, 0.3) is 0 Å². The molecule has 1 fully saturated rings. The molecule has 1 heterocycles. The van der Waals surface area contributed by atoms with E-state index in [0.29, 0.717) is 17.0 Å². The van der Waals surface area contributed by atoms with Crippen LogP contribution in [0, 0.1) is 0 Å². The van der Waals surface area contributed by atoms with Crippen molar-refractivity contribution in [2.24, 2.45) is 0 Å². The van der Waals surface area contributed by atoms with Crippen molar-refractivity contribution in [2.75, 3.05) is 24.8 Å². The molecule has 84 valence electrons. The van der Waals surface area contributed by atoms with Gasteiger partial charge in [-0.1, -0.05) is 0 Å². The summed E-state index contributed by atoms with van der Waals surface area (Å²) >= 11 is 1.97. The van der Waals surface area contributed by atoms with Crippen molar-refractivity contribution in [1.29, 1.82) is 0 Å². The average molecular weight is 237 g/mol. The maximum atomic E-state index is 11.0. The van der Waals surface area contributed by atoms with E-state index in [2.05, 4.69) is 5.32 Å². The van der Waals surface area contributed by atoms with Crippen LogP contribution in [0.5, 0.6) is 0 Å². The fourth-order valence-corrected chi connectivity index (χ4v) is 3.93. The maximum Gasteiger partial charge on any atom is 0.147 e. The molecule has 1 aliphatic heterocycles. The molecule has 0 amide bonds. The molecule has 1 aliphatic rings. The highest BCUT2D eigenvalue weighted by Gasteiger charge is 2.24. The van der Waals surface area contributed by atoms with Gasteiger partial charge in [-0.3, -0.25) is 0 Å². The summed E-state index contributed by atoms with van der Waals surface area (Å²) in [5, 5.41) is 3.84. The van der Waals surface area contributed by atoms with Gasteiger partial charge in [0, 0.05) is 17.5 Å². The third-order valence-corrected chi connectivity index (χ3v) is 5.08. The van der Waals surface area contributed by atoms with Crippen LogP contribution in [0.4, 0.5) is 0 Å². The molecule has 2 unspecified atom stereocenters. The molecule has 0 aromatic carbocycles. The Bertz CT molecular complexity index is 258. The van der Waals surface area contributed by atoms with Crippen LogP contribution in [0.3, 0.4) is 0 Å². The van der Waals surface area contributed by atoms with E-state index in [1.54, 1.807) is 0 Å². The van der Waals surface area contributed by atoms with Crippen LogP contribution in [0.1, 0.15) is 19.3 Å². The second kappa shape index (κ2) is 5.37. The molecule has 2 atom stereocenters. The van der Waals surface area contributed by atoms with E-state index in [4.69, 9.17) is 0 Å². The van der Waals surface area contributed by atoms with E-state index in [9.17, 15) is 8.42 Å². The average Bonchev–Trinajstić information content (AvgIpc) is 2.56. The Morgan fingerprint density at radius 2 is 2.29 bits per heavy atom. The number of hydrogen-bond donors (Lipinski definition) is 1. The minimum atomic E-state index is -2.81. The molecule has 0 aromatic heterocycles. The van der Waals surface area contributed by atoms with Gasteiger partial charge in [0.15, 0.2) is 0 Å². The van der Waals surface area contributed by atoms with Gasteiger partial charge in [-0.05, 0) is 32.1 Å². The smallest absolute Gasteiger partial charge is 0.147 e. The summed E-state index contributed by atoms with van der Waals surface area (Å²) in [7, 11) is -0.886. The van der Waals surface area contributed by atoms with E-state index < -0.39 is 9.84 Å². The Balaban J connectivity index is 2.38. The largest absolute Gasteiger partial charge is 0.316 e. The molecule has 5 heteroatoms. The van der Waals surface area contributed by atoms with Gasteiger partial charge >= 0.3 is 0 Å². The van der Waals surface area contributed by atoms with Crippen molar-refractivity contribution in [3.8, 4) is 0 Å². The van der Waals surface area contributed by atoms with E-state index in [0.717, 1.165) is 6.42 Å². The summed E-state index contributed by atoms with van der Waals surface area (Å²) in [5.41, 5.74) is 0. The molecule has 1 N–H and O–H groups in total. The van der Waals surface area contributed by atoms with Crippen LogP contribution in [0.15, 0.2) is 0 Å². The quantitative estimate of drug-likeness (QED) is 0.772. The Morgan fingerprint density at radius 3 is 2.71 bits per heavy atom. The first-order valence-electron chi connectivity index (χ1n) is 4.99. The maximum absolute atomic E-state index is 11.0. The Labute approximate surface area is 91.0 Å². The minimum absolute atomic E-state index is 0.301. The first-order chi connectivity index (χ1) is 6.53. The summed E-state index contributed by atoms with van der Waals surface area (Å²) in [4.78, 5) is 0. The third kappa shape index (κ3) is 4.19. The molecule has 0 aromatic rings. The van der Waals surface area contributed by atoms with Crippen LogP contribution in [-0.2, 0) is 9.84 Å². The predicted octanol–water partition coefficient (Wildman–Crippen LogP) is 0.905. The van der Waals surface area contributed by atoms with E-state index in [1.807, 2.05) is 18.8 Å². The molecule has 0 saturated carbocycles. The van der Waals surface area contributed by atoms with Crippen molar-refractivity contribution >= 4 is 21.6 Å². The highest BCUT2D eigenvalue weighted by molar-refractivity contribution is 8.00. The van der Waals surface area contributed by atoms with Crippen molar-refractivity contribution < 1.29 is 8.42 Å². The van der Waals surface area contributed by atoms with Crippen molar-refractivity contribution in [1.82, 2.24) is 5.32 Å². The van der Waals surface area contributed by atoms with Crippen molar-refractivity contribution in [3.05, 3.63) is 0 Å². The second-order valence-electron chi connectivity index (χ2n) is 3.87. The molecule has 1 rings (SSSR count). The molecule has 1 saturated heterocycles. The molecule has 0 bridgehead atoms. The van der Waals surface area contributed by atoms with Gasteiger partial charge in [-0.2, -0.15) is 11.8 Å². The zero-order chi connectivity index (χ0) is 10.6. The van der Waals surface area contributed by atoms with Crippen LogP contribution < -0.4 is 5.32 Å². The zero-order valence-corrected chi connectivity index (χ0v) is 10.5.